The summed E-state index contributed by atoms with van der Waals surface area (Å²) in [5.74, 6) is 0.0699. The normalized spacial score (nSPS) is 16.2. The lowest BCUT2D eigenvalue weighted by atomic mass is 10.1. The smallest absolute Gasteiger partial charge is 0.254 e. The molecule has 1 saturated carbocycles. The van der Waals surface area contributed by atoms with Gasteiger partial charge in [-0.15, -0.1) is 0 Å². The van der Waals surface area contributed by atoms with Gasteiger partial charge in [0.25, 0.3) is 5.91 Å². The largest absolute Gasteiger partial charge is 0.339 e. The number of carbonyl (C=O) groups is 1. The minimum absolute atomic E-state index is 0.0699. The molecule has 1 aromatic carbocycles. The van der Waals surface area contributed by atoms with Crippen LogP contribution >= 0.6 is 27.5 Å². The predicted molar refractivity (Wildman–Crippen MR) is 73.5 cm³/mol. The highest BCUT2D eigenvalue weighted by Gasteiger charge is 2.25. The van der Waals surface area contributed by atoms with Crippen LogP contribution in [0.2, 0.25) is 5.02 Å². The maximum Gasteiger partial charge on any atom is 0.254 e. The van der Waals surface area contributed by atoms with Crippen molar-refractivity contribution in [2.75, 3.05) is 7.05 Å². The van der Waals surface area contributed by atoms with E-state index in [1.54, 1.807) is 18.2 Å². The van der Waals surface area contributed by atoms with Crippen LogP contribution in [0.5, 0.6) is 0 Å². The Balaban J connectivity index is 2.18. The van der Waals surface area contributed by atoms with Crippen LogP contribution in [0.3, 0.4) is 0 Å². The average molecular weight is 317 g/mol. The number of halogens is 2. The van der Waals surface area contributed by atoms with Crippen LogP contribution in [0.1, 0.15) is 36.0 Å². The highest BCUT2D eigenvalue weighted by Crippen LogP contribution is 2.27. The van der Waals surface area contributed by atoms with Gasteiger partial charge >= 0.3 is 0 Å². The first-order valence-electron chi connectivity index (χ1n) is 5.82. The molecule has 2 nitrogen and oxygen atoms in total. The fourth-order valence-corrected chi connectivity index (χ4v) is 3.16. The lowest BCUT2D eigenvalue weighted by Crippen LogP contribution is -2.35. The summed E-state index contributed by atoms with van der Waals surface area (Å²) in [6, 6.07) is 5.68. The first-order valence-corrected chi connectivity index (χ1v) is 6.99. The number of amides is 1. The lowest BCUT2D eigenvalue weighted by Gasteiger charge is -2.24. The molecule has 1 aliphatic carbocycles. The molecule has 0 atom stereocenters. The van der Waals surface area contributed by atoms with E-state index in [1.165, 1.54) is 12.8 Å². The number of hydrogen-bond donors (Lipinski definition) is 0. The van der Waals surface area contributed by atoms with Crippen molar-refractivity contribution in [3.63, 3.8) is 0 Å². The summed E-state index contributed by atoms with van der Waals surface area (Å²) >= 11 is 9.27. The first kappa shape index (κ1) is 12.9. The fraction of sp³-hybridized carbons (Fsp3) is 0.462. The van der Waals surface area contributed by atoms with Gasteiger partial charge in [0.15, 0.2) is 0 Å². The Morgan fingerprint density at radius 2 is 2.06 bits per heavy atom. The van der Waals surface area contributed by atoms with E-state index in [0.717, 1.165) is 17.3 Å². The molecule has 0 heterocycles. The van der Waals surface area contributed by atoms with Gasteiger partial charge in [-0.05, 0) is 47.0 Å². The van der Waals surface area contributed by atoms with Crippen molar-refractivity contribution in [1.82, 2.24) is 4.90 Å². The van der Waals surface area contributed by atoms with Gasteiger partial charge in [-0.1, -0.05) is 24.4 Å². The molecule has 1 aromatic rings. The molecule has 0 aromatic heterocycles. The minimum Gasteiger partial charge on any atom is -0.339 e. The molecule has 1 fully saturated rings. The zero-order valence-electron chi connectivity index (χ0n) is 9.75. The van der Waals surface area contributed by atoms with Crippen molar-refractivity contribution in [2.24, 2.45) is 0 Å². The number of hydrogen-bond acceptors (Lipinski definition) is 1. The summed E-state index contributed by atoms with van der Waals surface area (Å²) in [6.07, 6.45) is 4.69. The Labute approximate surface area is 115 Å². The summed E-state index contributed by atoms with van der Waals surface area (Å²) < 4.78 is 0.764. The monoisotopic (exact) mass is 315 g/mol. The van der Waals surface area contributed by atoms with Gasteiger partial charge in [0.05, 0.1) is 5.56 Å². The molecule has 4 heteroatoms. The summed E-state index contributed by atoms with van der Waals surface area (Å²) in [5.41, 5.74) is 0.684. The molecule has 0 N–H and O–H groups in total. The highest BCUT2D eigenvalue weighted by atomic mass is 79.9. The molecule has 0 unspecified atom stereocenters. The van der Waals surface area contributed by atoms with Crippen molar-refractivity contribution < 1.29 is 4.79 Å². The third-order valence-corrected chi connectivity index (χ3v) is 4.25. The molecule has 1 aliphatic rings. The van der Waals surface area contributed by atoms with Crippen LogP contribution in [-0.2, 0) is 0 Å². The van der Waals surface area contributed by atoms with Crippen LogP contribution < -0.4 is 0 Å². The lowest BCUT2D eigenvalue weighted by molar-refractivity contribution is 0.0734. The zero-order valence-corrected chi connectivity index (χ0v) is 12.1. The summed E-state index contributed by atoms with van der Waals surface area (Å²) in [5, 5.41) is 0.636. The summed E-state index contributed by atoms with van der Waals surface area (Å²) in [7, 11) is 1.89. The van der Waals surface area contributed by atoms with Crippen molar-refractivity contribution in [1.29, 1.82) is 0 Å². The Hall–Kier alpha value is -0.540. The Morgan fingerprint density at radius 1 is 1.41 bits per heavy atom. The molecule has 0 spiro atoms. The molecule has 17 heavy (non-hydrogen) atoms. The quantitative estimate of drug-likeness (QED) is 0.804. The highest BCUT2D eigenvalue weighted by molar-refractivity contribution is 9.10. The molecule has 92 valence electrons. The van der Waals surface area contributed by atoms with Gasteiger partial charge in [-0.2, -0.15) is 0 Å². The SMILES string of the molecule is CN(C(=O)c1ccc(Cl)cc1Br)C1CCCC1. The molecule has 0 radical (unpaired) electrons. The van der Waals surface area contributed by atoms with Crippen molar-refractivity contribution in [3.05, 3.63) is 33.3 Å². The third-order valence-electron chi connectivity index (χ3n) is 3.35. The second-order valence-electron chi connectivity index (χ2n) is 4.48. The van der Waals surface area contributed by atoms with Gasteiger partial charge in [-0.25, -0.2) is 0 Å². The topological polar surface area (TPSA) is 20.3 Å². The standard InChI is InChI=1S/C13H15BrClNO/c1-16(10-4-2-3-5-10)13(17)11-7-6-9(15)8-12(11)14/h6-8,10H,2-5H2,1H3. The molecular weight excluding hydrogens is 302 g/mol. The van der Waals surface area contributed by atoms with Crippen molar-refractivity contribution in [2.45, 2.75) is 31.7 Å². The summed E-state index contributed by atoms with van der Waals surface area (Å²) in [6.45, 7) is 0. The van der Waals surface area contributed by atoms with Gasteiger partial charge in [0, 0.05) is 22.6 Å². The average Bonchev–Trinajstić information content (AvgIpc) is 2.80. The Morgan fingerprint density at radius 3 is 2.65 bits per heavy atom. The molecule has 2 rings (SSSR count). The van der Waals surface area contributed by atoms with Crippen LogP contribution in [0.4, 0.5) is 0 Å². The zero-order chi connectivity index (χ0) is 12.4. The van der Waals surface area contributed by atoms with Crippen LogP contribution in [0, 0.1) is 0 Å². The Bertz CT molecular complexity index is 429. The van der Waals surface area contributed by atoms with E-state index in [-0.39, 0.29) is 5.91 Å². The number of carbonyl (C=O) groups excluding carboxylic acids is 1. The first-order chi connectivity index (χ1) is 8.09. The second kappa shape index (κ2) is 5.40. The van der Waals surface area contributed by atoms with Gasteiger partial charge in [0.2, 0.25) is 0 Å². The minimum atomic E-state index is 0.0699. The maximum atomic E-state index is 12.3. The fourth-order valence-electron chi connectivity index (χ4n) is 2.31. The number of rotatable bonds is 2. The van der Waals surface area contributed by atoms with E-state index in [9.17, 15) is 4.79 Å². The van der Waals surface area contributed by atoms with Crippen LogP contribution in [0.15, 0.2) is 22.7 Å². The van der Waals surface area contributed by atoms with Crippen LogP contribution in [0.25, 0.3) is 0 Å². The molecule has 1 amide bonds. The van der Waals surface area contributed by atoms with E-state index in [4.69, 9.17) is 11.6 Å². The predicted octanol–water partition coefficient (Wildman–Crippen LogP) is 4.12. The van der Waals surface area contributed by atoms with E-state index in [1.807, 2.05) is 11.9 Å². The van der Waals surface area contributed by atoms with E-state index in [2.05, 4.69) is 15.9 Å². The molecule has 0 aliphatic heterocycles. The summed E-state index contributed by atoms with van der Waals surface area (Å²) in [4.78, 5) is 14.2. The van der Waals surface area contributed by atoms with Gasteiger partial charge in [0.1, 0.15) is 0 Å². The second-order valence-corrected chi connectivity index (χ2v) is 5.77. The van der Waals surface area contributed by atoms with Crippen molar-refractivity contribution in [3.8, 4) is 0 Å². The van der Waals surface area contributed by atoms with Crippen LogP contribution in [-0.4, -0.2) is 23.9 Å². The molecular formula is C13H15BrClNO. The van der Waals surface area contributed by atoms with E-state index < -0.39 is 0 Å². The number of benzene rings is 1. The third kappa shape index (κ3) is 2.83. The number of nitrogens with zero attached hydrogens (tertiary/aromatic N) is 1. The van der Waals surface area contributed by atoms with E-state index in [0.29, 0.717) is 16.6 Å². The molecule has 0 bridgehead atoms. The van der Waals surface area contributed by atoms with E-state index >= 15 is 0 Å². The maximum absolute atomic E-state index is 12.3. The molecule has 0 saturated heterocycles. The van der Waals surface area contributed by atoms with Gasteiger partial charge in [-0.3, -0.25) is 4.79 Å². The van der Waals surface area contributed by atoms with Gasteiger partial charge < -0.3 is 4.90 Å². The Kier molecular flexibility index (Phi) is 4.10. The van der Waals surface area contributed by atoms with Crippen molar-refractivity contribution >= 4 is 33.4 Å².